The third-order valence-corrected chi connectivity index (χ3v) is 7.18. The molecule has 0 aliphatic heterocycles. The van der Waals surface area contributed by atoms with E-state index in [1.165, 1.54) is 36.4 Å². The van der Waals surface area contributed by atoms with Gasteiger partial charge in [0.15, 0.2) is 16.1 Å². The summed E-state index contributed by atoms with van der Waals surface area (Å²) in [6.07, 6.45) is -2.47. The van der Waals surface area contributed by atoms with E-state index in [0.717, 1.165) is 24.0 Å². The van der Waals surface area contributed by atoms with Gasteiger partial charge >= 0.3 is 6.18 Å². The van der Waals surface area contributed by atoms with Gasteiger partial charge in [-0.15, -0.1) is 0 Å². The molecule has 0 aromatic heterocycles. The van der Waals surface area contributed by atoms with Gasteiger partial charge in [-0.25, -0.2) is 12.8 Å². The molecule has 5 nitrogen and oxygen atoms in total. The van der Waals surface area contributed by atoms with Crippen LogP contribution in [0.25, 0.3) is 0 Å². The lowest BCUT2D eigenvalue weighted by Gasteiger charge is -2.26. The molecule has 204 valence electrons. The number of benzene rings is 3. The first kappa shape index (κ1) is 29.3. The van der Waals surface area contributed by atoms with E-state index in [1.807, 2.05) is 11.8 Å². The number of hydrogen-bond acceptors (Lipinski definition) is 5. The number of sulfone groups is 1. The Hall–Kier alpha value is -3.24. The highest BCUT2D eigenvalue weighted by Gasteiger charge is 2.30. The second kappa shape index (κ2) is 12.5. The summed E-state index contributed by atoms with van der Waals surface area (Å²) in [4.78, 5) is 13.0. The van der Waals surface area contributed by atoms with Crippen molar-refractivity contribution in [1.29, 1.82) is 0 Å². The standard InChI is InChI=1S/C28H29F4NO4S/c1-20(22-7-10-25(29)11-8-22)17-33(18-21-5-3-6-24(15-21)28(30,31)32)13-4-14-37-26-12-9-23(19-34)27(16-26)38(2,35)36/h3,5-12,15-16,19-20H,4,13-14,17-18H2,1-2H3. The van der Waals surface area contributed by atoms with Gasteiger partial charge in [0.05, 0.1) is 17.1 Å². The highest BCUT2D eigenvalue weighted by atomic mass is 32.2. The second-order valence-electron chi connectivity index (χ2n) is 9.18. The smallest absolute Gasteiger partial charge is 0.416 e. The van der Waals surface area contributed by atoms with Crippen molar-refractivity contribution in [3.05, 3.63) is 94.8 Å². The number of hydrogen-bond donors (Lipinski definition) is 0. The molecular weight excluding hydrogens is 522 g/mol. The van der Waals surface area contributed by atoms with Gasteiger partial charge in [0.25, 0.3) is 0 Å². The monoisotopic (exact) mass is 551 g/mol. The third kappa shape index (κ3) is 8.39. The van der Waals surface area contributed by atoms with Crippen LogP contribution in [-0.2, 0) is 22.6 Å². The van der Waals surface area contributed by atoms with Gasteiger partial charge in [0.2, 0.25) is 0 Å². The molecule has 3 aromatic rings. The van der Waals surface area contributed by atoms with Crippen molar-refractivity contribution in [3.8, 4) is 5.75 Å². The van der Waals surface area contributed by atoms with Crippen LogP contribution in [0.2, 0.25) is 0 Å². The quantitative estimate of drug-likeness (QED) is 0.154. The van der Waals surface area contributed by atoms with E-state index in [9.17, 15) is 30.8 Å². The molecule has 0 bridgehead atoms. The van der Waals surface area contributed by atoms with Gasteiger partial charge in [0.1, 0.15) is 11.6 Å². The van der Waals surface area contributed by atoms with Crippen molar-refractivity contribution in [3.63, 3.8) is 0 Å². The van der Waals surface area contributed by atoms with Crippen LogP contribution < -0.4 is 4.74 Å². The van der Waals surface area contributed by atoms with Crippen LogP contribution in [0.3, 0.4) is 0 Å². The maximum atomic E-state index is 13.3. The lowest BCUT2D eigenvalue weighted by molar-refractivity contribution is -0.137. The van der Waals surface area contributed by atoms with E-state index >= 15 is 0 Å². The molecule has 3 aromatic carbocycles. The maximum absolute atomic E-state index is 13.3. The van der Waals surface area contributed by atoms with Gasteiger partial charge in [-0.3, -0.25) is 9.69 Å². The normalized spacial score (nSPS) is 12.9. The predicted octanol–water partition coefficient (Wildman–Crippen LogP) is 6.14. The average molecular weight is 552 g/mol. The van der Waals surface area contributed by atoms with Gasteiger partial charge in [0, 0.05) is 31.5 Å². The van der Waals surface area contributed by atoms with Crippen molar-refractivity contribution in [1.82, 2.24) is 4.90 Å². The second-order valence-corrected chi connectivity index (χ2v) is 11.2. The Morgan fingerprint density at radius 1 is 1.03 bits per heavy atom. The minimum absolute atomic E-state index is 0.0180. The minimum Gasteiger partial charge on any atom is -0.494 e. The number of ether oxygens (including phenoxy) is 1. The van der Waals surface area contributed by atoms with E-state index in [4.69, 9.17) is 4.74 Å². The fourth-order valence-electron chi connectivity index (χ4n) is 4.12. The topological polar surface area (TPSA) is 63.7 Å². The molecular formula is C28H29F4NO4S. The van der Waals surface area contributed by atoms with Crippen LogP contribution in [0.4, 0.5) is 17.6 Å². The van der Waals surface area contributed by atoms with Crippen LogP contribution in [0.5, 0.6) is 5.75 Å². The molecule has 0 fully saturated rings. The first-order chi connectivity index (χ1) is 17.9. The molecule has 0 radical (unpaired) electrons. The summed E-state index contributed by atoms with van der Waals surface area (Å²) in [6.45, 7) is 3.43. The van der Waals surface area contributed by atoms with E-state index in [0.29, 0.717) is 37.1 Å². The summed E-state index contributed by atoms with van der Waals surface area (Å²) < 4.78 is 82.6. The summed E-state index contributed by atoms with van der Waals surface area (Å²) in [5.41, 5.74) is 0.738. The summed E-state index contributed by atoms with van der Waals surface area (Å²) in [7, 11) is -3.63. The number of aldehydes is 1. The van der Waals surface area contributed by atoms with Gasteiger partial charge < -0.3 is 4.74 Å². The maximum Gasteiger partial charge on any atom is 0.416 e. The Morgan fingerprint density at radius 2 is 1.74 bits per heavy atom. The SMILES string of the molecule is CC(CN(CCCOc1ccc(C=O)c(S(C)(=O)=O)c1)Cc1cccc(C(F)(F)F)c1)c1ccc(F)cc1. The number of carbonyl (C=O) groups is 1. The average Bonchev–Trinajstić information content (AvgIpc) is 2.86. The molecule has 0 heterocycles. The first-order valence-corrected chi connectivity index (χ1v) is 13.8. The molecule has 10 heteroatoms. The van der Waals surface area contributed by atoms with Crippen LogP contribution in [0.15, 0.2) is 71.6 Å². The molecule has 3 rings (SSSR count). The molecule has 0 spiro atoms. The minimum atomic E-state index is -4.44. The van der Waals surface area contributed by atoms with E-state index in [2.05, 4.69) is 0 Å². The molecule has 38 heavy (non-hydrogen) atoms. The Kier molecular flexibility index (Phi) is 9.67. The number of rotatable bonds is 12. The zero-order valence-corrected chi connectivity index (χ0v) is 21.9. The van der Waals surface area contributed by atoms with E-state index < -0.39 is 21.6 Å². The third-order valence-electron chi connectivity index (χ3n) is 6.03. The summed E-state index contributed by atoms with van der Waals surface area (Å²) >= 11 is 0. The zero-order chi connectivity index (χ0) is 27.9. The van der Waals surface area contributed by atoms with Crippen molar-refractivity contribution in [2.75, 3.05) is 26.0 Å². The van der Waals surface area contributed by atoms with Crippen LogP contribution >= 0.6 is 0 Å². The van der Waals surface area contributed by atoms with Gasteiger partial charge in [-0.2, -0.15) is 13.2 Å². The fraction of sp³-hybridized carbons (Fsp3) is 0.321. The molecule has 1 unspecified atom stereocenters. The molecule has 0 amide bonds. The van der Waals surface area contributed by atoms with Crippen LogP contribution in [0, 0.1) is 5.82 Å². The Labute approximate surface area is 220 Å². The summed E-state index contributed by atoms with van der Waals surface area (Å²) in [6, 6.07) is 15.5. The highest BCUT2D eigenvalue weighted by molar-refractivity contribution is 7.90. The lowest BCUT2D eigenvalue weighted by Crippen LogP contribution is -2.29. The van der Waals surface area contributed by atoms with E-state index in [1.54, 1.807) is 18.2 Å². The molecule has 0 N–H and O–H groups in total. The van der Waals surface area contributed by atoms with Gasteiger partial charge in [-0.05, 0) is 59.9 Å². The van der Waals surface area contributed by atoms with Crippen molar-refractivity contribution in [2.24, 2.45) is 0 Å². The molecule has 0 saturated carbocycles. The molecule has 0 saturated heterocycles. The van der Waals surface area contributed by atoms with E-state index in [-0.39, 0.29) is 35.3 Å². The van der Waals surface area contributed by atoms with Gasteiger partial charge in [-0.1, -0.05) is 37.3 Å². The van der Waals surface area contributed by atoms with Crippen molar-refractivity contribution in [2.45, 2.75) is 36.9 Å². The fourth-order valence-corrected chi connectivity index (χ4v) is 5.00. The highest BCUT2D eigenvalue weighted by Crippen LogP contribution is 2.30. The molecule has 0 aliphatic rings. The molecule has 0 aliphatic carbocycles. The van der Waals surface area contributed by atoms with Crippen LogP contribution in [0.1, 0.15) is 46.3 Å². The van der Waals surface area contributed by atoms with Crippen LogP contribution in [-0.4, -0.2) is 45.6 Å². The number of alkyl halides is 3. The number of nitrogens with zero attached hydrogens (tertiary/aromatic N) is 1. The first-order valence-electron chi connectivity index (χ1n) is 11.9. The number of carbonyl (C=O) groups excluding carboxylic acids is 1. The Bertz CT molecular complexity index is 1340. The lowest BCUT2D eigenvalue weighted by atomic mass is 10.00. The predicted molar refractivity (Wildman–Crippen MR) is 137 cm³/mol. The largest absolute Gasteiger partial charge is 0.494 e. The molecule has 1 atom stereocenters. The van der Waals surface area contributed by atoms with Crippen molar-refractivity contribution < 1.29 is 35.5 Å². The summed E-state index contributed by atoms with van der Waals surface area (Å²) in [5.74, 6) is -0.0743. The number of halogens is 4. The Morgan fingerprint density at radius 3 is 2.37 bits per heavy atom. The summed E-state index contributed by atoms with van der Waals surface area (Å²) in [5, 5.41) is 0. The zero-order valence-electron chi connectivity index (χ0n) is 21.0. The Balaban J connectivity index is 1.70. The van der Waals surface area contributed by atoms with Crippen molar-refractivity contribution >= 4 is 16.1 Å².